The number of rotatable bonds is 6. The van der Waals surface area contributed by atoms with E-state index in [-0.39, 0.29) is 5.56 Å². The molecule has 0 saturated heterocycles. The maximum atomic E-state index is 13.4. The molecule has 164 valence electrons. The average Bonchev–Trinajstić information content (AvgIpc) is 3.44. The Morgan fingerprint density at radius 1 is 1.16 bits per heavy atom. The van der Waals surface area contributed by atoms with Crippen LogP contribution in [-0.2, 0) is 17.7 Å². The molecule has 1 aliphatic rings. The topological polar surface area (TPSA) is 88.9 Å². The fourth-order valence-electron chi connectivity index (χ4n) is 4.62. The first-order chi connectivity index (χ1) is 15.6. The summed E-state index contributed by atoms with van der Waals surface area (Å²) < 4.78 is 6.99. The van der Waals surface area contributed by atoms with E-state index in [9.17, 15) is 4.79 Å². The first-order valence-electron chi connectivity index (χ1n) is 10.8. The van der Waals surface area contributed by atoms with Crippen LogP contribution in [0.5, 0.6) is 0 Å². The minimum Gasteiger partial charge on any atom is -0.383 e. The maximum absolute atomic E-state index is 13.4. The number of tetrazole rings is 1. The molecule has 4 aromatic rings. The zero-order chi connectivity index (χ0) is 22.2. The highest BCUT2D eigenvalue weighted by Crippen LogP contribution is 2.37. The van der Waals surface area contributed by atoms with Gasteiger partial charge in [-0.2, -0.15) is 0 Å². The molecular formula is C24H26N6O2. The highest BCUT2D eigenvalue weighted by atomic mass is 16.5. The maximum Gasteiger partial charge on any atom is 0.254 e. The molecule has 8 nitrogen and oxygen atoms in total. The minimum absolute atomic E-state index is 0.123. The number of para-hydroxylation sites is 1. The third kappa shape index (κ3) is 3.36. The molecule has 0 aliphatic carbocycles. The van der Waals surface area contributed by atoms with E-state index in [0.29, 0.717) is 24.5 Å². The van der Waals surface area contributed by atoms with Crippen LogP contribution < -0.4 is 10.5 Å². The summed E-state index contributed by atoms with van der Waals surface area (Å²) in [6, 6.07) is 14.0. The van der Waals surface area contributed by atoms with Gasteiger partial charge in [0, 0.05) is 30.3 Å². The number of aromatic amines is 1. The number of aromatic nitrogens is 5. The molecule has 0 saturated carbocycles. The Labute approximate surface area is 185 Å². The van der Waals surface area contributed by atoms with E-state index in [0.717, 1.165) is 40.7 Å². The van der Waals surface area contributed by atoms with Crippen LogP contribution in [0.2, 0.25) is 0 Å². The van der Waals surface area contributed by atoms with Gasteiger partial charge in [0.05, 0.1) is 18.7 Å². The van der Waals surface area contributed by atoms with E-state index in [1.807, 2.05) is 25.1 Å². The molecule has 1 atom stereocenters. The van der Waals surface area contributed by atoms with Gasteiger partial charge in [-0.1, -0.05) is 30.3 Å². The number of H-pyrrole nitrogens is 1. The van der Waals surface area contributed by atoms with Crippen molar-refractivity contribution < 1.29 is 4.74 Å². The molecule has 0 spiro atoms. The lowest BCUT2D eigenvalue weighted by molar-refractivity contribution is 0.181. The van der Waals surface area contributed by atoms with Gasteiger partial charge in [-0.25, -0.2) is 4.68 Å². The number of fused-ring (bicyclic) bond motifs is 2. The molecule has 3 heterocycles. The van der Waals surface area contributed by atoms with E-state index in [4.69, 9.17) is 4.74 Å². The highest BCUT2D eigenvalue weighted by Gasteiger charge is 2.34. The molecule has 0 radical (unpaired) electrons. The first kappa shape index (κ1) is 20.4. The number of anilines is 1. The van der Waals surface area contributed by atoms with Crippen molar-refractivity contribution in [3.63, 3.8) is 0 Å². The van der Waals surface area contributed by atoms with E-state index in [2.05, 4.69) is 56.6 Å². The number of hydrogen-bond acceptors (Lipinski definition) is 6. The third-order valence-electron chi connectivity index (χ3n) is 6.31. The standard InChI is InChI=1S/C24H26N6O2/c1-15-8-9-16(2)21-18(15)14-19(24(31)25-21)22(23-26-27-28-30(23)12-13-32-3)29-11-10-17-6-4-5-7-20(17)29/h4-9,14,22H,10-13H2,1-3H3,(H,25,31). The average molecular weight is 431 g/mol. The number of nitrogens with one attached hydrogen (secondary N) is 1. The van der Waals surface area contributed by atoms with Crippen LogP contribution in [0, 0.1) is 13.8 Å². The predicted molar refractivity (Wildman–Crippen MR) is 123 cm³/mol. The van der Waals surface area contributed by atoms with Crippen molar-refractivity contribution in [2.24, 2.45) is 0 Å². The number of benzene rings is 2. The SMILES string of the molecule is COCCn1nnnc1C(c1cc2c(C)ccc(C)c2[nH]c1=O)N1CCc2ccccc21. The summed E-state index contributed by atoms with van der Waals surface area (Å²) >= 11 is 0. The minimum atomic E-state index is -0.418. The lowest BCUT2D eigenvalue weighted by atomic mass is 9.99. The number of methoxy groups -OCH3 is 1. The molecule has 0 amide bonds. The quantitative estimate of drug-likeness (QED) is 0.506. The van der Waals surface area contributed by atoms with Crippen LogP contribution in [0.15, 0.2) is 47.3 Å². The van der Waals surface area contributed by atoms with Crippen molar-refractivity contribution in [3.8, 4) is 0 Å². The molecule has 32 heavy (non-hydrogen) atoms. The van der Waals surface area contributed by atoms with Crippen molar-refractivity contribution >= 4 is 16.6 Å². The molecule has 0 fully saturated rings. The summed E-state index contributed by atoms with van der Waals surface area (Å²) in [4.78, 5) is 18.8. The largest absolute Gasteiger partial charge is 0.383 e. The zero-order valence-electron chi connectivity index (χ0n) is 18.5. The summed E-state index contributed by atoms with van der Waals surface area (Å²) in [5.74, 6) is 0.633. The molecule has 1 unspecified atom stereocenters. The Morgan fingerprint density at radius 3 is 2.81 bits per heavy atom. The Balaban J connectivity index is 1.73. The molecule has 5 rings (SSSR count). The normalized spacial score (nSPS) is 14.2. The highest BCUT2D eigenvalue weighted by molar-refractivity contribution is 5.85. The third-order valence-corrected chi connectivity index (χ3v) is 6.31. The van der Waals surface area contributed by atoms with E-state index in [1.54, 1.807) is 11.8 Å². The first-order valence-corrected chi connectivity index (χ1v) is 10.8. The number of aryl methyl sites for hydroxylation is 2. The van der Waals surface area contributed by atoms with Gasteiger partial charge in [-0.15, -0.1) is 5.10 Å². The van der Waals surface area contributed by atoms with Crippen LogP contribution in [0.4, 0.5) is 5.69 Å². The molecule has 2 aromatic heterocycles. The van der Waals surface area contributed by atoms with Gasteiger partial charge in [-0.3, -0.25) is 4.79 Å². The Morgan fingerprint density at radius 2 is 1.97 bits per heavy atom. The Bertz CT molecular complexity index is 1340. The van der Waals surface area contributed by atoms with Crippen molar-refractivity contribution in [2.75, 3.05) is 25.2 Å². The molecule has 1 N–H and O–H groups in total. The van der Waals surface area contributed by atoms with Crippen LogP contribution in [-0.4, -0.2) is 45.5 Å². The smallest absolute Gasteiger partial charge is 0.254 e. The lowest BCUT2D eigenvalue weighted by Crippen LogP contribution is -2.34. The van der Waals surface area contributed by atoms with Crippen molar-refractivity contribution in [2.45, 2.75) is 32.9 Å². The zero-order valence-corrected chi connectivity index (χ0v) is 18.5. The number of ether oxygens (including phenoxy) is 1. The summed E-state index contributed by atoms with van der Waals surface area (Å²) in [5.41, 5.74) is 5.92. The van der Waals surface area contributed by atoms with Gasteiger partial charge in [-0.05, 0) is 59.5 Å². The summed E-state index contributed by atoms with van der Waals surface area (Å²) in [5, 5.41) is 13.5. The van der Waals surface area contributed by atoms with Crippen LogP contribution >= 0.6 is 0 Å². The molecule has 2 aromatic carbocycles. The van der Waals surface area contributed by atoms with E-state index >= 15 is 0 Å². The second kappa shape index (κ2) is 8.20. The lowest BCUT2D eigenvalue weighted by Gasteiger charge is -2.29. The summed E-state index contributed by atoms with van der Waals surface area (Å²) in [6.45, 7) is 5.84. The number of hydrogen-bond donors (Lipinski definition) is 1. The fourth-order valence-corrected chi connectivity index (χ4v) is 4.62. The Hall–Kier alpha value is -3.52. The molecule has 8 heteroatoms. The van der Waals surface area contributed by atoms with Gasteiger partial charge in [0.2, 0.25) is 0 Å². The van der Waals surface area contributed by atoms with Gasteiger partial charge < -0.3 is 14.6 Å². The summed E-state index contributed by atoms with van der Waals surface area (Å²) in [7, 11) is 1.65. The van der Waals surface area contributed by atoms with Crippen LogP contribution in [0.3, 0.4) is 0 Å². The fraction of sp³-hybridized carbons (Fsp3) is 0.333. The van der Waals surface area contributed by atoms with E-state index < -0.39 is 6.04 Å². The van der Waals surface area contributed by atoms with Crippen LogP contribution in [0.25, 0.3) is 10.9 Å². The molecular weight excluding hydrogens is 404 g/mol. The van der Waals surface area contributed by atoms with Crippen molar-refractivity contribution in [1.82, 2.24) is 25.2 Å². The molecule has 0 bridgehead atoms. The van der Waals surface area contributed by atoms with Gasteiger partial charge >= 0.3 is 0 Å². The number of pyridine rings is 1. The van der Waals surface area contributed by atoms with Gasteiger partial charge in [0.15, 0.2) is 5.82 Å². The van der Waals surface area contributed by atoms with Crippen molar-refractivity contribution in [3.05, 3.63) is 80.9 Å². The summed E-state index contributed by atoms with van der Waals surface area (Å²) in [6.07, 6.45) is 0.913. The Kier molecular flexibility index (Phi) is 5.22. The van der Waals surface area contributed by atoms with Gasteiger partial charge in [0.1, 0.15) is 6.04 Å². The second-order valence-electron chi connectivity index (χ2n) is 8.27. The molecule has 1 aliphatic heterocycles. The monoisotopic (exact) mass is 430 g/mol. The van der Waals surface area contributed by atoms with E-state index in [1.165, 1.54) is 5.56 Å². The predicted octanol–water partition coefficient (Wildman–Crippen LogP) is 2.93. The second-order valence-corrected chi connectivity index (χ2v) is 8.27. The van der Waals surface area contributed by atoms with Crippen molar-refractivity contribution in [1.29, 1.82) is 0 Å². The van der Waals surface area contributed by atoms with Gasteiger partial charge in [0.25, 0.3) is 5.56 Å². The van der Waals surface area contributed by atoms with Crippen LogP contribution in [0.1, 0.15) is 34.1 Å². The number of nitrogens with zero attached hydrogens (tertiary/aromatic N) is 5.